The lowest BCUT2D eigenvalue weighted by Gasteiger charge is -2.09. The van der Waals surface area contributed by atoms with Gasteiger partial charge in [-0.15, -0.1) is 0 Å². The van der Waals surface area contributed by atoms with Crippen LogP contribution in [0.5, 0.6) is 5.75 Å². The Morgan fingerprint density at radius 2 is 1.95 bits per heavy atom. The minimum Gasteiger partial charge on any atom is -0.491 e. The van der Waals surface area contributed by atoms with Crippen molar-refractivity contribution in [3.63, 3.8) is 0 Å². The van der Waals surface area contributed by atoms with Crippen molar-refractivity contribution in [3.8, 4) is 5.75 Å². The second-order valence-electron chi connectivity index (χ2n) is 4.27. The molecule has 0 aliphatic rings. The molecule has 110 valence electrons. The van der Waals surface area contributed by atoms with E-state index in [0.717, 1.165) is 12.1 Å². The number of nitrogens with one attached hydrogen (secondary N) is 1. The lowest BCUT2D eigenvalue weighted by Crippen LogP contribution is -2.12. The third-order valence-electron chi connectivity index (χ3n) is 2.75. The average Bonchev–Trinajstić information content (AvgIpc) is 2.45. The molecule has 0 unspecified atom stereocenters. The molecule has 0 fully saturated rings. The van der Waals surface area contributed by atoms with Crippen molar-refractivity contribution in [1.82, 2.24) is 0 Å². The second kappa shape index (κ2) is 6.21. The van der Waals surface area contributed by atoms with Gasteiger partial charge in [0.05, 0.1) is 12.3 Å². The van der Waals surface area contributed by atoms with Crippen molar-refractivity contribution in [2.45, 2.75) is 6.92 Å². The predicted octanol–water partition coefficient (Wildman–Crippen LogP) is 3.20. The van der Waals surface area contributed by atoms with Crippen molar-refractivity contribution in [1.29, 1.82) is 0 Å². The Hall–Kier alpha value is -2.63. The molecule has 4 nitrogen and oxygen atoms in total. The van der Waals surface area contributed by atoms with Crippen LogP contribution in [0.3, 0.4) is 0 Å². The van der Waals surface area contributed by atoms with Gasteiger partial charge < -0.3 is 15.8 Å². The largest absolute Gasteiger partial charge is 0.491 e. The number of hydrogen-bond donors (Lipinski definition) is 2. The predicted molar refractivity (Wildman–Crippen MR) is 76.3 cm³/mol. The molecule has 0 bridgehead atoms. The highest BCUT2D eigenvalue weighted by molar-refractivity contribution is 6.04. The van der Waals surface area contributed by atoms with E-state index in [1.165, 1.54) is 24.3 Å². The van der Waals surface area contributed by atoms with Crippen LogP contribution in [0.2, 0.25) is 0 Å². The number of nitrogens with two attached hydrogens (primary N) is 1. The Kier molecular flexibility index (Phi) is 4.37. The first-order valence-corrected chi connectivity index (χ1v) is 6.30. The number of amides is 1. The van der Waals surface area contributed by atoms with Gasteiger partial charge in [0.2, 0.25) is 0 Å². The monoisotopic (exact) mass is 292 g/mol. The molecule has 0 radical (unpaired) electrons. The molecule has 21 heavy (non-hydrogen) atoms. The fourth-order valence-electron chi connectivity index (χ4n) is 1.72. The van der Waals surface area contributed by atoms with Crippen LogP contribution in [0.15, 0.2) is 36.4 Å². The number of hydrogen-bond acceptors (Lipinski definition) is 3. The summed E-state index contributed by atoms with van der Waals surface area (Å²) in [7, 11) is 0. The molecular formula is C15H14F2N2O2. The number of nitrogen functional groups attached to an aromatic ring is 1. The number of rotatable bonds is 4. The molecule has 0 aromatic heterocycles. The van der Waals surface area contributed by atoms with Crippen LogP contribution in [0.4, 0.5) is 20.2 Å². The summed E-state index contributed by atoms with van der Waals surface area (Å²) in [4.78, 5) is 11.9. The van der Waals surface area contributed by atoms with Gasteiger partial charge in [0, 0.05) is 17.3 Å². The zero-order valence-electron chi connectivity index (χ0n) is 11.3. The molecule has 0 saturated carbocycles. The molecule has 0 saturated heterocycles. The summed E-state index contributed by atoms with van der Waals surface area (Å²) in [5, 5.41) is 2.47. The lowest BCUT2D eigenvalue weighted by atomic mass is 10.2. The molecule has 0 aliphatic heterocycles. The summed E-state index contributed by atoms with van der Waals surface area (Å²) >= 11 is 0. The van der Waals surface area contributed by atoms with Crippen molar-refractivity contribution in [3.05, 3.63) is 53.6 Å². The highest BCUT2D eigenvalue weighted by Gasteiger charge is 2.10. The molecule has 2 aromatic carbocycles. The summed E-state index contributed by atoms with van der Waals surface area (Å²) in [6, 6.07) is 7.76. The Morgan fingerprint density at radius 3 is 2.57 bits per heavy atom. The Labute approximate surface area is 120 Å². The van der Waals surface area contributed by atoms with E-state index in [1.54, 1.807) is 6.92 Å². The van der Waals surface area contributed by atoms with Gasteiger partial charge in [-0.1, -0.05) is 0 Å². The number of carbonyl (C=O) groups excluding carboxylic acids is 1. The minimum absolute atomic E-state index is 0.0429. The molecule has 1 amide bonds. The maximum absolute atomic E-state index is 13.7. The molecule has 0 spiro atoms. The quantitative estimate of drug-likeness (QED) is 0.851. The van der Waals surface area contributed by atoms with E-state index in [0.29, 0.717) is 6.61 Å². The smallest absolute Gasteiger partial charge is 0.255 e. The van der Waals surface area contributed by atoms with Crippen LogP contribution in [0.1, 0.15) is 17.3 Å². The SMILES string of the molecule is CCOc1ccc(NC(=O)c2ccc(N)c(F)c2)cc1F. The van der Waals surface area contributed by atoms with E-state index in [9.17, 15) is 13.6 Å². The highest BCUT2D eigenvalue weighted by Crippen LogP contribution is 2.22. The summed E-state index contributed by atoms with van der Waals surface area (Å²) < 4.78 is 32.0. The fraction of sp³-hybridized carbons (Fsp3) is 0.133. The zero-order chi connectivity index (χ0) is 15.4. The maximum atomic E-state index is 13.7. The van der Waals surface area contributed by atoms with Crippen LogP contribution in [0, 0.1) is 11.6 Å². The molecule has 3 N–H and O–H groups in total. The van der Waals surface area contributed by atoms with Gasteiger partial charge in [0.1, 0.15) is 5.82 Å². The topological polar surface area (TPSA) is 64.3 Å². The summed E-state index contributed by atoms with van der Waals surface area (Å²) in [6.45, 7) is 2.08. The summed E-state index contributed by atoms with van der Waals surface area (Å²) in [5.74, 6) is -1.72. The first-order chi connectivity index (χ1) is 10.0. The molecule has 2 rings (SSSR count). The van der Waals surface area contributed by atoms with E-state index < -0.39 is 17.5 Å². The van der Waals surface area contributed by atoms with E-state index in [2.05, 4.69) is 5.32 Å². The van der Waals surface area contributed by atoms with Gasteiger partial charge in [0.15, 0.2) is 11.6 Å². The maximum Gasteiger partial charge on any atom is 0.255 e. The van der Waals surface area contributed by atoms with Gasteiger partial charge in [-0.25, -0.2) is 8.78 Å². The average molecular weight is 292 g/mol. The third kappa shape index (κ3) is 3.47. The number of carbonyl (C=O) groups is 1. The van der Waals surface area contributed by atoms with E-state index in [1.807, 2.05) is 0 Å². The molecule has 6 heteroatoms. The Balaban J connectivity index is 2.15. The third-order valence-corrected chi connectivity index (χ3v) is 2.75. The highest BCUT2D eigenvalue weighted by atomic mass is 19.1. The van der Waals surface area contributed by atoms with Gasteiger partial charge in [-0.3, -0.25) is 4.79 Å². The van der Waals surface area contributed by atoms with Crippen LogP contribution < -0.4 is 15.8 Å². The molecule has 2 aromatic rings. The number of ether oxygens (including phenoxy) is 1. The lowest BCUT2D eigenvalue weighted by molar-refractivity contribution is 0.102. The van der Waals surface area contributed by atoms with Crippen LogP contribution in [-0.4, -0.2) is 12.5 Å². The van der Waals surface area contributed by atoms with Crippen molar-refractivity contribution >= 4 is 17.3 Å². The number of benzene rings is 2. The minimum atomic E-state index is -0.680. The van der Waals surface area contributed by atoms with E-state index in [4.69, 9.17) is 10.5 Å². The summed E-state index contributed by atoms with van der Waals surface area (Å²) in [5.41, 5.74) is 5.64. The fourth-order valence-corrected chi connectivity index (χ4v) is 1.72. The van der Waals surface area contributed by atoms with Crippen molar-refractivity contribution in [2.24, 2.45) is 0 Å². The van der Waals surface area contributed by atoms with Crippen LogP contribution in [-0.2, 0) is 0 Å². The van der Waals surface area contributed by atoms with Gasteiger partial charge in [0.25, 0.3) is 5.91 Å². The van der Waals surface area contributed by atoms with Gasteiger partial charge in [-0.2, -0.15) is 0 Å². The molecule has 0 aliphatic carbocycles. The van der Waals surface area contributed by atoms with Crippen LogP contribution >= 0.6 is 0 Å². The molecule has 0 heterocycles. The van der Waals surface area contributed by atoms with Gasteiger partial charge in [-0.05, 0) is 37.3 Å². The number of halogens is 2. The number of anilines is 2. The summed E-state index contributed by atoms with van der Waals surface area (Å²) in [6.07, 6.45) is 0. The molecule has 0 atom stereocenters. The Bertz CT molecular complexity index is 675. The second-order valence-corrected chi connectivity index (χ2v) is 4.27. The first kappa shape index (κ1) is 14.8. The van der Waals surface area contributed by atoms with Crippen molar-refractivity contribution in [2.75, 3.05) is 17.7 Å². The van der Waals surface area contributed by atoms with E-state index in [-0.39, 0.29) is 22.7 Å². The zero-order valence-corrected chi connectivity index (χ0v) is 11.3. The normalized spacial score (nSPS) is 10.2. The van der Waals surface area contributed by atoms with Crippen LogP contribution in [0.25, 0.3) is 0 Å². The molecular weight excluding hydrogens is 278 g/mol. The van der Waals surface area contributed by atoms with Gasteiger partial charge >= 0.3 is 0 Å². The van der Waals surface area contributed by atoms with Crippen molar-refractivity contribution < 1.29 is 18.3 Å². The first-order valence-electron chi connectivity index (χ1n) is 6.30. The van der Waals surface area contributed by atoms with E-state index >= 15 is 0 Å². The standard InChI is InChI=1S/C15H14F2N2O2/c1-2-21-14-6-4-10(8-12(14)17)19-15(20)9-3-5-13(18)11(16)7-9/h3-8H,2,18H2,1H3,(H,19,20). The Morgan fingerprint density at radius 1 is 1.19 bits per heavy atom.